The lowest BCUT2D eigenvalue weighted by molar-refractivity contribution is 0.614. The first-order valence-electron chi connectivity index (χ1n) is 8.77. The van der Waals surface area contributed by atoms with Crippen LogP contribution in [0.25, 0.3) is 16.6 Å². The fourth-order valence-corrected chi connectivity index (χ4v) is 3.69. The summed E-state index contributed by atoms with van der Waals surface area (Å²) >= 11 is 0. The van der Waals surface area contributed by atoms with Crippen LogP contribution >= 0.6 is 0 Å². The Balaban J connectivity index is 2.23. The maximum Gasteiger partial charge on any atom is 0.263 e. The van der Waals surface area contributed by atoms with Gasteiger partial charge in [0.1, 0.15) is 5.82 Å². The van der Waals surface area contributed by atoms with E-state index in [1.54, 1.807) is 6.07 Å². The van der Waals surface area contributed by atoms with Gasteiger partial charge in [-0.3, -0.25) is 9.20 Å². The minimum absolute atomic E-state index is 0.302. The lowest BCUT2D eigenvalue weighted by Crippen LogP contribution is -2.35. The number of halogens is 1. The van der Waals surface area contributed by atoms with Crippen molar-refractivity contribution in [1.82, 2.24) is 9.12 Å². The minimum Gasteiger partial charge on any atom is -0.281 e. The monoisotopic (exact) mass is 386 g/mol. The summed E-state index contributed by atoms with van der Waals surface area (Å²) in [5, 5.41) is 0. The molecule has 0 fully saturated rings. The third-order valence-electron chi connectivity index (χ3n) is 4.34. The molecule has 0 saturated carbocycles. The van der Waals surface area contributed by atoms with Crippen molar-refractivity contribution in [3.05, 3.63) is 76.5 Å². The molecule has 0 amide bonds. The molecule has 142 valence electrons. The quantitative estimate of drug-likeness (QED) is 0.730. The summed E-state index contributed by atoms with van der Waals surface area (Å²) in [4.78, 5) is 13.2. The molecule has 2 atom stereocenters. The van der Waals surface area contributed by atoms with Crippen LogP contribution in [0.5, 0.6) is 0 Å². The van der Waals surface area contributed by atoms with E-state index < -0.39 is 21.5 Å². The molecule has 0 saturated heterocycles. The van der Waals surface area contributed by atoms with Crippen molar-refractivity contribution in [2.75, 3.05) is 0 Å². The van der Waals surface area contributed by atoms with Gasteiger partial charge < -0.3 is 0 Å². The van der Waals surface area contributed by atoms with Crippen LogP contribution in [0.4, 0.5) is 4.39 Å². The van der Waals surface area contributed by atoms with Gasteiger partial charge in [-0.05, 0) is 57.0 Å². The predicted octanol–water partition coefficient (Wildman–Crippen LogP) is 4.22. The van der Waals surface area contributed by atoms with Crippen molar-refractivity contribution in [3.63, 3.8) is 0 Å². The van der Waals surface area contributed by atoms with E-state index in [4.69, 9.17) is 0 Å². The van der Waals surface area contributed by atoms with E-state index in [0.717, 1.165) is 11.1 Å². The minimum atomic E-state index is -1.30. The van der Waals surface area contributed by atoms with Gasteiger partial charge in [0, 0.05) is 17.8 Å². The molecule has 3 aromatic rings. The Morgan fingerprint density at radius 3 is 2.41 bits per heavy atom. The summed E-state index contributed by atoms with van der Waals surface area (Å²) in [5.41, 5.74) is 2.24. The smallest absolute Gasteiger partial charge is 0.263 e. The number of fused-ring (bicyclic) bond motifs is 1. The van der Waals surface area contributed by atoms with E-state index in [9.17, 15) is 13.4 Å². The van der Waals surface area contributed by atoms with Crippen LogP contribution in [0, 0.1) is 5.82 Å². The van der Waals surface area contributed by atoms with Gasteiger partial charge in [0.25, 0.3) is 5.56 Å². The van der Waals surface area contributed by atoms with Crippen LogP contribution in [0.15, 0.2) is 59.5 Å². The molecular weight excluding hydrogens is 363 g/mol. The van der Waals surface area contributed by atoms with Crippen molar-refractivity contribution in [3.8, 4) is 11.1 Å². The Hall–Kier alpha value is -2.31. The molecule has 0 aliphatic heterocycles. The number of pyridine rings is 2. The van der Waals surface area contributed by atoms with Crippen LogP contribution in [0.2, 0.25) is 0 Å². The van der Waals surface area contributed by atoms with E-state index in [-0.39, 0.29) is 11.6 Å². The Bertz CT molecular complexity index is 1060. The van der Waals surface area contributed by atoms with E-state index in [2.05, 4.69) is 4.72 Å². The van der Waals surface area contributed by atoms with Gasteiger partial charge in [0.2, 0.25) is 0 Å². The summed E-state index contributed by atoms with van der Waals surface area (Å²) in [6.45, 7) is 7.54. The standard InChI is InChI=1S/C21H23FN2O2S/c1-14(23-27(26)21(2,3)4)18-12-17-11-10-16(22)13-24(17)20(25)19(18)15-8-6-5-7-9-15/h5-14,23H,1-4H3/t14-,27?/m1/s1. The SMILES string of the molecule is C[C@@H](NS(=O)C(C)(C)C)c1cc2ccc(F)cn2c(=O)c1-c1ccccc1. The predicted molar refractivity (Wildman–Crippen MR) is 109 cm³/mol. The first kappa shape index (κ1) is 19.5. The molecule has 2 heterocycles. The summed E-state index contributed by atoms with van der Waals surface area (Å²) in [6, 6.07) is 13.7. The number of rotatable bonds is 4. The molecule has 3 rings (SSSR count). The highest BCUT2D eigenvalue weighted by atomic mass is 32.2. The number of nitrogens with one attached hydrogen (secondary N) is 1. The zero-order chi connectivity index (χ0) is 19.8. The highest BCUT2D eigenvalue weighted by Crippen LogP contribution is 2.27. The summed E-state index contributed by atoms with van der Waals surface area (Å²) in [7, 11) is -1.30. The second-order valence-electron chi connectivity index (χ2n) is 7.51. The second kappa shape index (κ2) is 7.37. The van der Waals surface area contributed by atoms with Gasteiger partial charge in [-0.2, -0.15) is 0 Å². The number of aromatic nitrogens is 1. The summed E-state index contributed by atoms with van der Waals surface area (Å²) in [6.07, 6.45) is 1.19. The van der Waals surface area contributed by atoms with E-state index in [0.29, 0.717) is 11.1 Å². The third-order valence-corrected chi connectivity index (χ3v) is 6.02. The number of hydrogen-bond donors (Lipinski definition) is 1. The van der Waals surface area contributed by atoms with Crippen LogP contribution < -0.4 is 10.3 Å². The third kappa shape index (κ3) is 4.01. The van der Waals surface area contributed by atoms with Crippen LogP contribution in [-0.2, 0) is 11.0 Å². The maximum atomic E-state index is 13.7. The highest BCUT2D eigenvalue weighted by molar-refractivity contribution is 7.84. The highest BCUT2D eigenvalue weighted by Gasteiger charge is 2.24. The van der Waals surface area contributed by atoms with E-state index in [1.807, 2.05) is 64.1 Å². The Labute approximate surface area is 160 Å². The largest absolute Gasteiger partial charge is 0.281 e. The van der Waals surface area contributed by atoms with Crippen molar-refractivity contribution in [1.29, 1.82) is 0 Å². The van der Waals surface area contributed by atoms with Gasteiger partial charge >= 0.3 is 0 Å². The van der Waals surface area contributed by atoms with Gasteiger partial charge in [-0.25, -0.2) is 13.3 Å². The lowest BCUT2D eigenvalue weighted by atomic mass is 9.97. The van der Waals surface area contributed by atoms with Crippen LogP contribution in [-0.4, -0.2) is 13.4 Å². The summed E-state index contributed by atoms with van der Waals surface area (Å²) in [5.74, 6) is -0.476. The van der Waals surface area contributed by atoms with Crippen molar-refractivity contribution < 1.29 is 8.60 Å². The normalized spacial score (nSPS) is 14.3. The van der Waals surface area contributed by atoms with Gasteiger partial charge in [0.15, 0.2) is 0 Å². The summed E-state index contributed by atoms with van der Waals surface area (Å²) < 4.78 is 30.2. The fourth-order valence-electron chi connectivity index (χ4n) is 2.89. The number of nitrogens with zero attached hydrogens (tertiary/aromatic N) is 1. The van der Waals surface area contributed by atoms with Crippen LogP contribution in [0.1, 0.15) is 39.3 Å². The van der Waals surface area contributed by atoms with Crippen molar-refractivity contribution in [2.24, 2.45) is 0 Å². The number of hydrogen-bond acceptors (Lipinski definition) is 2. The molecule has 27 heavy (non-hydrogen) atoms. The average molecular weight is 386 g/mol. The molecular formula is C21H23FN2O2S. The molecule has 6 heteroatoms. The van der Waals surface area contributed by atoms with Crippen molar-refractivity contribution in [2.45, 2.75) is 38.5 Å². The van der Waals surface area contributed by atoms with Crippen LogP contribution in [0.3, 0.4) is 0 Å². The molecule has 0 aliphatic rings. The Morgan fingerprint density at radius 2 is 1.78 bits per heavy atom. The molecule has 0 spiro atoms. The lowest BCUT2D eigenvalue weighted by Gasteiger charge is -2.24. The molecule has 4 nitrogen and oxygen atoms in total. The maximum absolute atomic E-state index is 13.7. The Morgan fingerprint density at radius 1 is 1.11 bits per heavy atom. The second-order valence-corrected chi connectivity index (χ2v) is 9.51. The van der Waals surface area contributed by atoms with Gasteiger partial charge in [0.05, 0.1) is 21.3 Å². The molecule has 0 radical (unpaired) electrons. The fraction of sp³-hybridized carbons (Fsp3) is 0.286. The van der Waals surface area contributed by atoms with E-state index >= 15 is 0 Å². The molecule has 0 aliphatic carbocycles. The first-order valence-corrected chi connectivity index (χ1v) is 9.92. The molecule has 0 bridgehead atoms. The zero-order valence-corrected chi connectivity index (χ0v) is 16.6. The first-order chi connectivity index (χ1) is 12.7. The van der Waals surface area contributed by atoms with Gasteiger partial charge in [-0.15, -0.1) is 0 Å². The molecule has 1 unspecified atom stereocenters. The molecule has 1 N–H and O–H groups in total. The topological polar surface area (TPSA) is 50.6 Å². The van der Waals surface area contributed by atoms with E-state index in [1.165, 1.54) is 16.7 Å². The molecule has 1 aromatic carbocycles. The van der Waals surface area contributed by atoms with Crippen molar-refractivity contribution >= 4 is 16.5 Å². The zero-order valence-electron chi connectivity index (χ0n) is 15.8. The number of benzene rings is 1. The Kier molecular flexibility index (Phi) is 5.31. The average Bonchev–Trinajstić information content (AvgIpc) is 2.62. The molecule has 2 aromatic heterocycles. The van der Waals surface area contributed by atoms with Gasteiger partial charge in [-0.1, -0.05) is 30.3 Å².